The zero-order valence-corrected chi connectivity index (χ0v) is 11.3. The van der Waals surface area contributed by atoms with Gasteiger partial charge in [0.15, 0.2) is 0 Å². The lowest BCUT2D eigenvalue weighted by Gasteiger charge is -2.04. The van der Waals surface area contributed by atoms with Crippen LogP contribution in [-0.2, 0) is 0 Å². The first kappa shape index (κ1) is 10.9. The quantitative estimate of drug-likeness (QED) is 0.392. The minimum atomic E-state index is 1.07. The Morgan fingerprint density at radius 2 is 1.48 bits per heavy atom. The molecule has 2 heterocycles. The maximum Gasteiger partial charge on any atom is 0.0722 e. The Bertz CT molecular complexity index is 1140. The van der Waals surface area contributed by atoms with Crippen molar-refractivity contribution < 1.29 is 0 Å². The van der Waals surface area contributed by atoms with E-state index in [4.69, 9.17) is 4.98 Å². The molecule has 0 saturated carbocycles. The van der Waals surface area contributed by atoms with E-state index < -0.39 is 0 Å². The number of aromatic nitrogens is 2. The van der Waals surface area contributed by atoms with E-state index in [0.717, 1.165) is 16.6 Å². The van der Waals surface area contributed by atoms with E-state index in [1.54, 1.807) is 0 Å². The number of fused-ring (bicyclic) bond motifs is 6. The predicted octanol–water partition coefficient (Wildman–Crippen LogP) is 5.02. The molecule has 0 fully saturated rings. The average Bonchev–Trinajstić information content (AvgIpc) is 2.90. The van der Waals surface area contributed by atoms with Crippen molar-refractivity contribution in [2.24, 2.45) is 0 Å². The number of pyridine rings is 1. The van der Waals surface area contributed by atoms with Gasteiger partial charge in [0.2, 0.25) is 0 Å². The van der Waals surface area contributed by atoms with E-state index in [1.165, 1.54) is 26.9 Å². The van der Waals surface area contributed by atoms with Crippen LogP contribution in [0, 0.1) is 0 Å². The second-order valence-electron chi connectivity index (χ2n) is 5.42. The molecule has 0 radical (unpaired) electrons. The average molecular weight is 268 g/mol. The lowest BCUT2D eigenvalue weighted by Crippen LogP contribution is -1.82. The number of hydrogen-bond acceptors (Lipinski definition) is 1. The van der Waals surface area contributed by atoms with Gasteiger partial charge < -0.3 is 4.98 Å². The zero-order valence-electron chi connectivity index (χ0n) is 11.3. The Labute approximate surface area is 121 Å². The molecule has 0 spiro atoms. The fourth-order valence-electron chi connectivity index (χ4n) is 3.19. The molecule has 2 nitrogen and oxygen atoms in total. The summed E-state index contributed by atoms with van der Waals surface area (Å²) < 4.78 is 0. The molecule has 0 bridgehead atoms. The van der Waals surface area contributed by atoms with Gasteiger partial charge in [0.1, 0.15) is 0 Å². The number of H-pyrrole nitrogens is 1. The summed E-state index contributed by atoms with van der Waals surface area (Å²) in [5, 5.41) is 6.16. The highest BCUT2D eigenvalue weighted by Gasteiger charge is 2.08. The monoisotopic (exact) mass is 268 g/mol. The zero-order chi connectivity index (χ0) is 13.8. The number of hydrogen-bond donors (Lipinski definition) is 1. The van der Waals surface area contributed by atoms with E-state index >= 15 is 0 Å². The van der Waals surface area contributed by atoms with E-state index in [-0.39, 0.29) is 0 Å². The van der Waals surface area contributed by atoms with Crippen molar-refractivity contribution in [3.05, 3.63) is 66.9 Å². The van der Waals surface area contributed by atoms with Crippen LogP contribution in [0.4, 0.5) is 0 Å². The van der Waals surface area contributed by atoms with Crippen LogP contribution < -0.4 is 0 Å². The molecule has 98 valence electrons. The molecule has 5 rings (SSSR count). The molecule has 0 saturated heterocycles. The summed E-state index contributed by atoms with van der Waals surface area (Å²) in [6.45, 7) is 0. The summed E-state index contributed by atoms with van der Waals surface area (Å²) in [5.74, 6) is 0. The maximum absolute atomic E-state index is 4.76. The lowest BCUT2D eigenvalue weighted by molar-refractivity contribution is 1.45. The Hall–Kier alpha value is -2.87. The third-order valence-corrected chi connectivity index (χ3v) is 4.20. The third kappa shape index (κ3) is 1.44. The Morgan fingerprint density at radius 3 is 2.43 bits per heavy atom. The van der Waals surface area contributed by atoms with E-state index in [9.17, 15) is 0 Å². The molecule has 2 aromatic heterocycles. The molecule has 1 N–H and O–H groups in total. The summed E-state index contributed by atoms with van der Waals surface area (Å²) in [4.78, 5) is 8.14. The van der Waals surface area contributed by atoms with Crippen molar-refractivity contribution in [1.82, 2.24) is 9.97 Å². The highest BCUT2D eigenvalue weighted by atomic mass is 14.7. The number of nitrogens with zero attached hydrogens (tertiary/aromatic N) is 1. The van der Waals surface area contributed by atoms with Gasteiger partial charge in [-0.25, -0.2) is 4.98 Å². The Balaban J connectivity index is 2.04. The van der Waals surface area contributed by atoms with Gasteiger partial charge in [0.25, 0.3) is 0 Å². The predicted molar refractivity (Wildman–Crippen MR) is 88.6 cm³/mol. The molecule has 0 amide bonds. The SMILES string of the molecule is c1ccc2c(c1)nc1cc3c(c[nH]c4ccccc43)cc12. The Kier molecular flexibility index (Phi) is 1.98. The first-order chi connectivity index (χ1) is 10.4. The van der Waals surface area contributed by atoms with E-state index in [0.29, 0.717) is 0 Å². The molecule has 21 heavy (non-hydrogen) atoms. The van der Waals surface area contributed by atoms with Gasteiger partial charge >= 0.3 is 0 Å². The Morgan fingerprint density at radius 1 is 0.667 bits per heavy atom. The van der Waals surface area contributed by atoms with Crippen LogP contribution in [-0.4, -0.2) is 9.97 Å². The van der Waals surface area contributed by atoms with Crippen molar-refractivity contribution in [2.75, 3.05) is 0 Å². The second-order valence-corrected chi connectivity index (χ2v) is 5.42. The number of nitrogens with one attached hydrogen (secondary N) is 1. The number of para-hydroxylation sites is 2. The van der Waals surface area contributed by atoms with Crippen molar-refractivity contribution in [2.45, 2.75) is 0 Å². The minimum Gasteiger partial charge on any atom is -0.361 e. The summed E-state index contributed by atoms with van der Waals surface area (Å²) in [6, 6.07) is 21.2. The summed E-state index contributed by atoms with van der Waals surface area (Å²) in [7, 11) is 0. The molecule has 0 unspecified atom stereocenters. The standard InChI is InChI=1S/C19H12N2/c1-3-7-17-13(5-1)15-10-19-16(9-12(15)11-20-17)14-6-2-4-8-18(14)21-19/h1-11,20H. The van der Waals surface area contributed by atoms with Crippen molar-refractivity contribution in [3.63, 3.8) is 0 Å². The smallest absolute Gasteiger partial charge is 0.0722 e. The van der Waals surface area contributed by atoms with E-state index in [2.05, 4.69) is 65.8 Å². The normalized spacial score (nSPS) is 11.8. The van der Waals surface area contributed by atoms with E-state index in [1.807, 2.05) is 6.07 Å². The fraction of sp³-hybridized carbons (Fsp3) is 0. The van der Waals surface area contributed by atoms with Crippen LogP contribution in [0.1, 0.15) is 0 Å². The molecular weight excluding hydrogens is 256 g/mol. The van der Waals surface area contributed by atoms with Crippen molar-refractivity contribution in [3.8, 4) is 0 Å². The van der Waals surface area contributed by atoms with Crippen molar-refractivity contribution >= 4 is 43.5 Å². The van der Waals surface area contributed by atoms with Gasteiger partial charge in [-0.05, 0) is 35.0 Å². The molecule has 2 heteroatoms. The first-order valence-corrected chi connectivity index (χ1v) is 7.08. The van der Waals surface area contributed by atoms with Gasteiger partial charge in [-0.15, -0.1) is 0 Å². The third-order valence-electron chi connectivity index (χ3n) is 4.20. The van der Waals surface area contributed by atoms with Crippen LogP contribution in [0.15, 0.2) is 66.9 Å². The molecular formula is C19H12N2. The van der Waals surface area contributed by atoms with Gasteiger partial charge in [-0.1, -0.05) is 36.4 Å². The highest BCUT2D eigenvalue weighted by Crippen LogP contribution is 2.31. The maximum atomic E-state index is 4.76. The number of rotatable bonds is 0. The van der Waals surface area contributed by atoms with Gasteiger partial charge in [-0.2, -0.15) is 0 Å². The molecule has 0 aliphatic rings. The van der Waals surface area contributed by atoms with Crippen LogP contribution in [0.3, 0.4) is 0 Å². The van der Waals surface area contributed by atoms with Crippen LogP contribution in [0.5, 0.6) is 0 Å². The van der Waals surface area contributed by atoms with Gasteiger partial charge in [0, 0.05) is 27.9 Å². The highest BCUT2D eigenvalue weighted by molar-refractivity contribution is 6.16. The molecule has 0 aliphatic carbocycles. The summed E-state index contributed by atoms with van der Waals surface area (Å²) >= 11 is 0. The molecule has 5 aromatic rings. The van der Waals surface area contributed by atoms with Crippen molar-refractivity contribution in [1.29, 1.82) is 0 Å². The van der Waals surface area contributed by atoms with Gasteiger partial charge in [0.05, 0.1) is 11.0 Å². The number of benzene rings is 3. The molecule has 0 aliphatic heterocycles. The topological polar surface area (TPSA) is 28.7 Å². The fourth-order valence-corrected chi connectivity index (χ4v) is 3.19. The summed E-state index contributed by atoms with van der Waals surface area (Å²) in [6.07, 6.45) is 2.08. The van der Waals surface area contributed by atoms with Crippen LogP contribution in [0.25, 0.3) is 43.5 Å². The number of aromatic amines is 1. The molecule has 0 atom stereocenters. The molecule has 3 aromatic carbocycles. The summed E-state index contributed by atoms with van der Waals surface area (Å²) in [5.41, 5.74) is 3.29. The second kappa shape index (κ2) is 3.83. The minimum absolute atomic E-state index is 1.07. The first-order valence-electron chi connectivity index (χ1n) is 7.08. The van der Waals surface area contributed by atoms with Crippen LogP contribution in [0.2, 0.25) is 0 Å². The van der Waals surface area contributed by atoms with Gasteiger partial charge in [-0.3, -0.25) is 0 Å². The lowest BCUT2D eigenvalue weighted by atomic mass is 10.0. The largest absolute Gasteiger partial charge is 0.361 e. The van der Waals surface area contributed by atoms with Crippen LogP contribution >= 0.6 is 0 Å².